The molecule has 4 rings (SSSR count). The fourth-order valence-electron chi connectivity index (χ4n) is 4.13. The number of carbonyl (C=O) groups is 2. The Morgan fingerprint density at radius 1 is 1.14 bits per heavy atom. The highest BCUT2D eigenvalue weighted by molar-refractivity contribution is 6.30. The van der Waals surface area contributed by atoms with Crippen LogP contribution in [0.3, 0.4) is 0 Å². The van der Waals surface area contributed by atoms with Crippen LogP contribution in [-0.4, -0.2) is 39.7 Å². The van der Waals surface area contributed by atoms with Crippen LogP contribution in [0.5, 0.6) is 5.75 Å². The van der Waals surface area contributed by atoms with Crippen LogP contribution in [0.4, 0.5) is 4.79 Å². The molecule has 0 radical (unpaired) electrons. The lowest BCUT2D eigenvalue weighted by molar-refractivity contribution is -0.138. The van der Waals surface area contributed by atoms with Gasteiger partial charge in [-0.1, -0.05) is 30.2 Å². The van der Waals surface area contributed by atoms with E-state index in [0.717, 1.165) is 43.2 Å². The SMILES string of the molecule is Cc1oc(-c2ccc(Cl)cc2)nc1COc1cccc(CN(CC(=O)O)C(=O)OC2CCCCC2)c1. The Labute approximate surface area is 214 Å². The summed E-state index contributed by atoms with van der Waals surface area (Å²) in [5, 5.41) is 9.94. The molecule has 1 amide bonds. The number of amides is 1. The summed E-state index contributed by atoms with van der Waals surface area (Å²) in [6.07, 6.45) is 4.04. The molecule has 1 N–H and O–H groups in total. The van der Waals surface area contributed by atoms with Crippen molar-refractivity contribution in [3.63, 3.8) is 0 Å². The molecular formula is C27H29ClN2O6. The van der Waals surface area contributed by atoms with E-state index in [-0.39, 0.29) is 19.3 Å². The number of benzene rings is 2. The third-order valence-electron chi connectivity index (χ3n) is 6.04. The number of ether oxygens (including phenoxy) is 2. The average Bonchev–Trinajstić information content (AvgIpc) is 3.23. The molecule has 0 spiro atoms. The zero-order valence-corrected chi connectivity index (χ0v) is 20.9. The zero-order chi connectivity index (χ0) is 25.5. The number of aromatic nitrogens is 1. The predicted molar refractivity (Wildman–Crippen MR) is 134 cm³/mol. The average molecular weight is 513 g/mol. The van der Waals surface area contributed by atoms with Crippen molar-refractivity contribution in [2.75, 3.05) is 6.54 Å². The highest BCUT2D eigenvalue weighted by Gasteiger charge is 2.24. The molecule has 1 saturated carbocycles. The van der Waals surface area contributed by atoms with Crippen molar-refractivity contribution in [1.82, 2.24) is 9.88 Å². The first-order chi connectivity index (χ1) is 17.4. The smallest absolute Gasteiger partial charge is 0.410 e. The topological polar surface area (TPSA) is 102 Å². The number of aliphatic carboxylic acids is 1. The van der Waals surface area contributed by atoms with E-state index >= 15 is 0 Å². The van der Waals surface area contributed by atoms with E-state index in [0.29, 0.717) is 28.1 Å². The number of hydrogen-bond acceptors (Lipinski definition) is 6. The maximum atomic E-state index is 12.7. The van der Waals surface area contributed by atoms with Gasteiger partial charge in [-0.15, -0.1) is 0 Å². The predicted octanol–water partition coefficient (Wildman–Crippen LogP) is 6.24. The lowest BCUT2D eigenvalue weighted by Crippen LogP contribution is -2.38. The number of nitrogens with zero attached hydrogens (tertiary/aromatic N) is 2. The molecule has 8 nitrogen and oxygen atoms in total. The van der Waals surface area contributed by atoms with Crippen LogP contribution in [-0.2, 0) is 22.7 Å². The summed E-state index contributed by atoms with van der Waals surface area (Å²) in [7, 11) is 0. The number of hydrogen-bond donors (Lipinski definition) is 1. The number of aryl methyl sites for hydroxylation is 1. The van der Waals surface area contributed by atoms with E-state index in [9.17, 15) is 14.7 Å². The first-order valence-electron chi connectivity index (χ1n) is 12.0. The minimum atomic E-state index is -1.10. The van der Waals surface area contributed by atoms with Crippen molar-refractivity contribution in [3.05, 3.63) is 70.6 Å². The van der Waals surface area contributed by atoms with E-state index in [1.54, 1.807) is 30.3 Å². The van der Waals surface area contributed by atoms with Crippen molar-refractivity contribution in [3.8, 4) is 17.2 Å². The second kappa shape index (κ2) is 11.9. The molecular weight excluding hydrogens is 484 g/mol. The highest BCUT2D eigenvalue weighted by atomic mass is 35.5. The van der Waals surface area contributed by atoms with E-state index in [1.807, 2.05) is 25.1 Å². The van der Waals surface area contributed by atoms with Gasteiger partial charge in [-0.25, -0.2) is 9.78 Å². The zero-order valence-electron chi connectivity index (χ0n) is 20.1. The van der Waals surface area contributed by atoms with Gasteiger partial charge in [-0.3, -0.25) is 9.69 Å². The number of carbonyl (C=O) groups excluding carboxylic acids is 1. The third kappa shape index (κ3) is 7.01. The molecule has 1 fully saturated rings. The second-order valence-electron chi connectivity index (χ2n) is 8.86. The van der Waals surface area contributed by atoms with Gasteiger partial charge in [0, 0.05) is 17.1 Å². The number of halogens is 1. The fraction of sp³-hybridized carbons (Fsp3) is 0.370. The normalized spacial score (nSPS) is 13.8. The van der Waals surface area contributed by atoms with Crippen LogP contribution < -0.4 is 4.74 Å². The maximum absolute atomic E-state index is 12.7. The quantitative estimate of drug-likeness (QED) is 0.362. The number of carboxylic acid groups (broad SMARTS) is 1. The van der Waals surface area contributed by atoms with Gasteiger partial charge in [0.05, 0.1) is 0 Å². The molecule has 1 aliphatic rings. The summed E-state index contributed by atoms with van der Waals surface area (Å²) in [5.74, 6) is 0.603. The van der Waals surface area contributed by atoms with Gasteiger partial charge in [-0.05, 0) is 74.6 Å². The van der Waals surface area contributed by atoms with Crippen molar-refractivity contribution in [2.45, 2.75) is 58.3 Å². The van der Waals surface area contributed by atoms with Gasteiger partial charge in [-0.2, -0.15) is 0 Å². The van der Waals surface area contributed by atoms with Crippen LogP contribution >= 0.6 is 11.6 Å². The van der Waals surface area contributed by atoms with Gasteiger partial charge in [0.15, 0.2) is 0 Å². The Kier molecular flexibility index (Phi) is 8.48. The maximum Gasteiger partial charge on any atom is 0.410 e. The van der Waals surface area contributed by atoms with Crippen LogP contribution in [0, 0.1) is 6.92 Å². The van der Waals surface area contributed by atoms with Gasteiger partial charge in [0.25, 0.3) is 0 Å². The summed E-state index contributed by atoms with van der Waals surface area (Å²) < 4.78 is 17.3. The van der Waals surface area contributed by atoms with Gasteiger partial charge in [0.2, 0.25) is 5.89 Å². The third-order valence-corrected chi connectivity index (χ3v) is 6.29. The first-order valence-corrected chi connectivity index (χ1v) is 12.4. The van der Waals surface area contributed by atoms with E-state index in [4.69, 9.17) is 25.5 Å². The van der Waals surface area contributed by atoms with Gasteiger partial charge < -0.3 is 19.0 Å². The standard InChI is InChI=1S/C27H29ClN2O6/c1-18-24(29-26(35-18)20-10-12-21(28)13-11-20)17-34-23-9-5-6-19(14-23)15-30(16-25(31)32)27(33)36-22-7-3-2-4-8-22/h5-6,9-14,22H,2-4,7-8,15-17H2,1H3,(H,31,32). The minimum Gasteiger partial charge on any atom is -0.487 e. The Morgan fingerprint density at radius 3 is 2.61 bits per heavy atom. The molecule has 0 saturated heterocycles. The summed E-state index contributed by atoms with van der Waals surface area (Å²) in [6, 6.07) is 14.4. The van der Waals surface area contributed by atoms with E-state index in [2.05, 4.69) is 4.98 Å². The molecule has 3 aromatic rings. The molecule has 0 bridgehead atoms. The monoisotopic (exact) mass is 512 g/mol. The Morgan fingerprint density at radius 2 is 1.89 bits per heavy atom. The van der Waals surface area contributed by atoms with E-state index in [1.165, 1.54) is 4.90 Å². The molecule has 9 heteroatoms. The molecule has 1 aliphatic carbocycles. The number of carboxylic acids is 1. The molecule has 190 valence electrons. The van der Waals surface area contributed by atoms with Crippen molar-refractivity contribution in [1.29, 1.82) is 0 Å². The summed E-state index contributed by atoms with van der Waals surface area (Å²) in [4.78, 5) is 29.8. The summed E-state index contributed by atoms with van der Waals surface area (Å²) >= 11 is 5.95. The molecule has 1 heterocycles. The molecule has 0 atom stereocenters. The van der Waals surface area contributed by atoms with Crippen molar-refractivity contribution in [2.24, 2.45) is 0 Å². The van der Waals surface area contributed by atoms with Crippen molar-refractivity contribution >= 4 is 23.7 Å². The minimum absolute atomic E-state index is 0.0960. The fourth-order valence-corrected chi connectivity index (χ4v) is 4.26. The Balaban J connectivity index is 1.39. The molecule has 36 heavy (non-hydrogen) atoms. The van der Waals surface area contributed by atoms with Crippen LogP contribution in [0.2, 0.25) is 5.02 Å². The Bertz CT molecular complexity index is 1190. The van der Waals surface area contributed by atoms with Gasteiger partial charge >= 0.3 is 12.1 Å². The van der Waals surface area contributed by atoms with Crippen molar-refractivity contribution < 1.29 is 28.6 Å². The lowest BCUT2D eigenvalue weighted by atomic mass is 9.98. The summed E-state index contributed by atoms with van der Waals surface area (Å²) in [6.45, 7) is 1.67. The van der Waals surface area contributed by atoms with Crippen LogP contribution in [0.25, 0.3) is 11.5 Å². The lowest BCUT2D eigenvalue weighted by Gasteiger charge is -2.26. The molecule has 0 aliphatic heterocycles. The van der Waals surface area contributed by atoms with Crippen LogP contribution in [0.15, 0.2) is 52.9 Å². The Hall–Kier alpha value is -3.52. The number of rotatable bonds is 9. The van der Waals surface area contributed by atoms with Crippen LogP contribution in [0.1, 0.15) is 49.1 Å². The molecule has 2 aromatic carbocycles. The molecule has 1 aromatic heterocycles. The first kappa shape index (κ1) is 25.6. The number of oxazole rings is 1. The second-order valence-corrected chi connectivity index (χ2v) is 9.29. The summed E-state index contributed by atoms with van der Waals surface area (Å²) in [5.41, 5.74) is 2.20. The molecule has 0 unspecified atom stereocenters. The van der Waals surface area contributed by atoms with Gasteiger partial charge in [0.1, 0.15) is 36.5 Å². The highest BCUT2D eigenvalue weighted by Crippen LogP contribution is 2.25. The largest absolute Gasteiger partial charge is 0.487 e. The van der Waals surface area contributed by atoms with E-state index < -0.39 is 18.6 Å².